The minimum absolute atomic E-state index is 0.0537. The van der Waals surface area contributed by atoms with Gasteiger partial charge in [0.2, 0.25) is 11.6 Å². The van der Waals surface area contributed by atoms with Crippen molar-refractivity contribution in [3.63, 3.8) is 0 Å². The normalized spacial score (nSPS) is 10.5. The van der Waals surface area contributed by atoms with Crippen molar-refractivity contribution in [1.29, 1.82) is 0 Å². The Morgan fingerprint density at radius 1 is 1.00 bits per heavy atom. The molecule has 2 N–H and O–H groups in total. The molecule has 0 unspecified atom stereocenters. The third-order valence-electron chi connectivity index (χ3n) is 6.56. The van der Waals surface area contributed by atoms with Crippen molar-refractivity contribution in [3.05, 3.63) is 101 Å². The van der Waals surface area contributed by atoms with E-state index in [2.05, 4.69) is 25.7 Å². The zero-order chi connectivity index (χ0) is 31.2. The lowest BCUT2D eigenvalue weighted by Gasteiger charge is -2.10. The van der Waals surface area contributed by atoms with Crippen LogP contribution in [0.5, 0.6) is 11.6 Å². The van der Waals surface area contributed by atoms with Crippen LogP contribution in [-0.2, 0) is 18.9 Å². The van der Waals surface area contributed by atoms with E-state index in [-0.39, 0.29) is 11.1 Å². The van der Waals surface area contributed by atoms with Gasteiger partial charge in [-0.1, -0.05) is 12.1 Å². The lowest BCUT2D eigenvalue weighted by Crippen LogP contribution is -2.26. The van der Waals surface area contributed by atoms with Gasteiger partial charge in [-0.2, -0.15) is 5.10 Å². The maximum Gasteiger partial charge on any atom is 0.263 e. The summed E-state index contributed by atoms with van der Waals surface area (Å²) in [5.74, 6) is 0.893. The molecule has 0 bridgehead atoms. The predicted octanol–water partition coefficient (Wildman–Crippen LogP) is 5.28. The number of hydrogen-bond acceptors (Lipinski definition) is 9. The summed E-state index contributed by atoms with van der Waals surface area (Å²) in [6.07, 6.45) is 7.33. The molecule has 0 aliphatic heterocycles. The molecule has 12 heteroatoms. The van der Waals surface area contributed by atoms with Crippen LogP contribution in [0.4, 0.5) is 11.4 Å². The third-order valence-corrected chi connectivity index (χ3v) is 6.56. The van der Waals surface area contributed by atoms with Crippen LogP contribution in [0.1, 0.15) is 17.3 Å². The first-order valence-corrected chi connectivity index (χ1v) is 13.5. The van der Waals surface area contributed by atoms with Gasteiger partial charge in [0, 0.05) is 50.5 Å². The van der Waals surface area contributed by atoms with Gasteiger partial charge in [0.1, 0.15) is 35.1 Å². The van der Waals surface area contributed by atoms with Crippen molar-refractivity contribution in [2.24, 2.45) is 14.1 Å². The van der Waals surface area contributed by atoms with Crippen LogP contribution in [0.15, 0.2) is 94.8 Å². The summed E-state index contributed by atoms with van der Waals surface area (Å²) in [4.78, 5) is 42.6. The van der Waals surface area contributed by atoms with Gasteiger partial charge in [0.25, 0.3) is 11.5 Å². The molecule has 12 nitrogen and oxygen atoms in total. The summed E-state index contributed by atoms with van der Waals surface area (Å²) in [6, 6.07) is 17.8. The van der Waals surface area contributed by atoms with Crippen molar-refractivity contribution in [1.82, 2.24) is 24.3 Å². The molecule has 0 atom stereocenters. The average molecular weight is 592 g/mol. The Morgan fingerprint density at radius 2 is 1.77 bits per heavy atom. The highest BCUT2D eigenvalue weighted by Crippen LogP contribution is 2.44. The first-order chi connectivity index (χ1) is 21.3. The van der Waals surface area contributed by atoms with Gasteiger partial charge in [0.05, 0.1) is 11.8 Å². The van der Waals surface area contributed by atoms with Gasteiger partial charge in [-0.25, -0.2) is 9.97 Å². The van der Waals surface area contributed by atoms with Crippen molar-refractivity contribution < 1.29 is 18.7 Å². The standard InChI is InChI=1S/C30H25N7O4.C2H4O/c1-31-21-7-4-6-18(14-21)24-25-28(32-17-33-29(25)41-26(24)19-15-34-37(3)16-19)40-22-11-9-20(10-12-22)35-27(38)23-8-5-13-36(2)30(23)39;1-2-3/h4-17,31H,1-3H3,(H,35,38);2H,1H3. The highest BCUT2D eigenvalue weighted by Gasteiger charge is 2.24. The first kappa shape index (κ1) is 29.5. The Bertz CT molecular complexity index is 2010. The number of aromatic nitrogens is 5. The molecule has 0 aliphatic rings. The Balaban J connectivity index is 0.00000123. The van der Waals surface area contributed by atoms with E-state index in [9.17, 15) is 9.59 Å². The number of furan rings is 1. The van der Waals surface area contributed by atoms with Gasteiger partial charge < -0.3 is 29.1 Å². The average Bonchev–Trinajstić information content (AvgIpc) is 3.64. The number of aryl methyl sites for hydroxylation is 2. The SMILES string of the molecule is CC=O.CNc1cccc(-c2c(-c3cnn(C)c3)oc3ncnc(Oc4ccc(NC(=O)c5cccn(C)c5=O)cc4)c23)c1. The highest BCUT2D eigenvalue weighted by molar-refractivity contribution is 6.04. The lowest BCUT2D eigenvalue weighted by molar-refractivity contribution is -0.106. The molecule has 0 radical (unpaired) electrons. The second kappa shape index (κ2) is 12.9. The fourth-order valence-corrected chi connectivity index (χ4v) is 4.52. The summed E-state index contributed by atoms with van der Waals surface area (Å²) < 4.78 is 15.5. The largest absolute Gasteiger partial charge is 0.438 e. The Hall–Kier alpha value is -6.04. The van der Waals surface area contributed by atoms with Gasteiger partial charge in [0.15, 0.2) is 0 Å². The van der Waals surface area contributed by atoms with E-state index in [4.69, 9.17) is 13.9 Å². The number of ether oxygens (including phenoxy) is 1. The number of benzene rings is 2. The number of carbonyl (C=O) groups excluding carboxylic acids is 2. The molecule has 0 fully saturated rings. The molecule has 0 saturated carbocycles. The number of fused-ring (bicyclic) bond motifs is 1. The molecular weight excluding hydrogens is 562 g/mol. The van der Waals surface area contributed by atoms with E-state index in [1.807, 2.05) is 44.6 Å². The molecule has 6 aromatic rings. The van der Waals surface area contributed by atoms with Crippen LogP contribution in [0, 0.1) is 0 Å². The van der Waals surface area contributed by atoms with Gasteiger partial charge >= 0.3 is 0 Å². The number of pyridine rings is 1. The lowest BCUT2D eigenvalue weighted by atomic mass is 10.0. The second-order valence-corrected chi connectivity index (χ2v) is 9.55. The van der Waals surface area contributed by atoms with Crippen LogP contribution >= 0.6 is 0 Å². The monoisotopic (exact) mass is 591 g/mol. The Labute approximate surface area is 252 Å². The molecule has 2 aromatic carbocycles. The van der Waals surface area contributed by atoms with Crippen LogP contribution in [0.2, 0.25) is 0 Å². The zero-order valence-electron chi connectivity index (χ0n) is 24.4. The van der Waals surface area contributed by atoms with Crippen LogP contribution in [0.25, 0.3) is 33.6 Å². The number of nitrogens with zero attached hydrogens (tertiary/aromatic N) is 5. The smallest absolute Gasteiger partial charge is 0.263 e. The van der Waals surface area contributed by atoms with Crippen molar-refractivity contribution in [3.8, 4) is 34.1 Å². The Kier molecular flexibility index (Phi) is 8.61. The topological polar surface area (TPSA) is 146 Å². The molecule has 222 valence electrons. The van der Waals surface area contributed by atoms with E-state index in [1.54, 1.807) is 54.5 Å². The van der Waals surface area contributed by atoms with E-state index in [0.717, 1.165) is 28.7 Å². The summed E-state index contributed by atoms with van der Waals surface area (Å²) in [7, 11) is 5.29. The fourth-order valence-electron chi connectivity index (χ4n) is 4.52. The van der Waals surface area contributed by atoms with Crippen LogP contribution in [-0.4, -0.2) is 43.6 Å². The number of carbonyl (C=O) groups is 2. The van der Waals surface area contributed by atoms with E-state index < -0.39 is 5.91 Å². The molecule has 44 heavy (non-hydrogen) atoms. The molecule has 0 saturated heterocycles. The van der Waals surface area contributed by atoms with Gasteiger partial charge in [-0.05, 0) is 61.0 Å². The van der Waals surface area contributed by atoms with Crippen molar-refractivity contribution >= 4 is 34.7 Å². The quantitative estimate of drug-likeness (QED) is 0.237. The minimum Gasteiger partial charge on any atom is -0.438 e. The molecule has 4 heterocycles. The number of nitrogens with one attached hydrogen (secondary N) is 2. The third kappa shape index (κ3) is 6.09. The van der Waals surface area contributed by atoms with E-state index >= 15 is 0 Å². The van der Waals surface area contributed by atoms with Crippen molar-refractivity contribution in [2.75, 3.05) is 17.7 Å². The van der Waals surface area contributed by atoms with Crippen molar-refractivity contribution in [2.45, 2.75) is 6.92 Å². The highest BCUT2D eigenvalue weighted by atomic mass is 16.5. The first-order valence-electron chi connectivity index (χ1n) is 13.5. The molecule has 0 aliphatic carbocycles. The zero-order valence-corrected chi connectivity index (χ0v) is 24.4. The number of aldehydes is 1. The molecule has 4 aromatic heterocycles. The van der Waals surface area contributed by atoms with E-state index in [1.165, 1.54) is 23.9 Å². The minimum atomic E-state index is -0.493. The van der Waals surface area contributed by atoms with Crippen LogP contribution in [0.3, 0.4) is 0 Å². The summed E-state index contributed by atoms with van der Waals surface area (Å²) in [5.41, 5.74) is 3.93. The van der Waals surface area contributed by atoms with E-state index in [0.29, 0.717) is 34.2 Å². The van der Waals surface area contributed by atoms with Crippen LogP contribution < -0.4 is 20.9 Å². The fraction of sp³-hybridized carbons (Fsp3) is 0.125. The molecule has 0 spiro atoms. The molecule has 1 amide bonds. The summed E-state index contributed by atoms with van der Waals surface area (Å²) in [6.45, 7) is 1.44. The summed E-state index contributed by atoms with van der Waals surface area (Å²) >= 11 is 0. The van der Waals surface area contributed by atoms with Gasteiger partial charge in [-0.3, -0.25) is 14.3 Å². The predicted molar refractivity (Wildman–Crippen MR) is 167 cm³/mol. The second-order valence-electron chi connectivity index (χ2n) is 9.55. The number of amides is 1. The molecular formula is C32H29N7O5. The Morgan fingerprint density at radius 3 is 2.48 bits per heavy atom. The number of anilines is 2. The maximum atomic E-state index is 12.7. The number of hydrogen-bond donors (Lipinski definition) is 2. The van der Waals surface area contributed by atoms with Gasteiger partial charge in [-0.15, -0.1) is 0 Å². The summed E-state index contributed by atoms with van der Waals surface area (Å²) in [5, 5.41) is 10.8. The molecule has 6 rings (SSSR count). The maximum absolute atomic E-state index is 12.7. The number of rotatable bonds is 7.